The van der Waals surface area contributed by atoms with Gasteiger partial charge < -0.3 is 9.64 Å². The Kier molecular flexibility index (Phi) is 3.98. The Balaban J connectivity index is 1.88. The maximum absolute atomic E-state index is 11.6. The third-order valence-electron chi connectivity index (χ3n) is 4.61. The number of anilines is 1. The number of ether oxygens (including phenoxy) is 1. The second-order valence-electron chi connectivity index (χ2n) is 6.18. The highest BCUT2D eigenvalue weighted by atomic mass is 16.5. The van der Waals surface area contributed by atoms with Gasteiger partial charge in [-0.1, -0.05) is 18.2 Å². The first kappa shape index (κ1) is 15.4. The predicted octanol–water partition coefficient (Wildman–Crippen LogP) is 3.96. The molecule has 0 spiro atoms. The normalized spacial score (nSPS) is 16.4. The van der Waals surface area contributed by atoms with Crippen molar-refractivity contribution >= 4 is 12.1 Å². The molecule has 5 heteroatoms. The lowest BCUT2D eigenvalue weighted by Gasteiger charge is -2.33. The van der Waals surface area contributed by atoms with Gasteiger partial charge in [-0.15, -0.1) is 0 Å². The van der Waals surface area contributed by atoms with E-state index < -0.39 is 0 Å². The van der Waals surface area contributed by atoms with Crippen molar-refractivity contribution in [3.05, 3.63) is 66.5 Å². The number of hydrogen-bond donors (Lipinski definition) is 0. The van der Waals surface area contributed by atoms with Crippen molar-refractivity contribution < 1.29 is 9.53 Å². The summed E-state index contributed by atoms with van der Waals surface area (Å²) in [6.45, 7) is 2.07. The molecule has 1 aliphatic heterocycles. The molecule has 5 nitrogen and oxygen atoms in total. The molecule has 25 heavy (non-hydrogen) atoms. The SMILES string of the molecule is CC1CCc2c(ccc(-n3cccn3)c2Oc2ccccc2)N1C=O. The Bertz CT molecular complexity index is 875. The molecule has 126 valence electrons. The van der Waals surface area contributed by atoms with Gasteiger partial charge in [0.05, 0.1) is 5.69 Å². The molecular formula is C20H19N3O2. The first-order valence-electron chi connectivity index (χ1n) is 8.40. The molecule has 1 aliphatic rings. The Labute approximate surface area is 146 Å². The summed E-state index contributed by atoms with van der Waals surface area (Å²) in [7, 11) is 0. The van der Waals surface area contributed by atoms with Gasteiger partial charge in [0.1, 0.15) is 11.4 Å². The topological polar surface area (TPSA) is 47.4 Å². The average molecular weight is 333 g/mol. The van der Waals surface area contributed by atoms with E-state index in [1.807, 2.05) is 54.7 Å². The van der Waals surface area contributed by atoms with Gasteiger partial charge in [0.15, 0.2) is 5.75 Å². The first-order valence-corrected chi connectivity index (χ1v) is 8.40. The molecule has 0 N–H and O–H groups in total. The van der Waals surface area contributed by atoms with Gasteiger partial charge in [-0.25, -0.2) is 4.68 Å². The van der Waals surface area contributed by atoms with Crippen LogP contribution in [-0.2, 0) is 11.2 Å². The molecule has 0 aliphatic carbocycles. The number of para-hydroxylation sites is 1. The van der Waals surface area contributed by atoms with Gasteiger partial charge in [-0.2, -0.15) is 5.10 Å². The largest absolute Gasteiger partial charge is 0.455 e. The second-order valence-corrected chi connectivity index (χ2v) is 6.18. The van der Waals surface area contributed by atoms with E-state index in [9.17, 15) is 4.79 Å². The molecule has 2 aromatic carbocycles. The number of carbonyl (C=O) groups excluding carboxylic acids is 1. The van der Waals surface area contributed by atoms with Crippen molar-refractivity contribution in [2.45, 2.75) is 25.8 Å². The van der Waals surface area contributed by atoms with E-state index in [0.29, 0.717) is 0 Å². The zero-order valence-electron chi connectivity index (χ0n) is 14.0. The minimum Gasteiger partial charge on any atom is -0.455 e. The van der Waals surface area contributed by atoms with Crippen molar-refractivity contribution in [2.24, 2.45) is 0 Å². The fourth-order valence-electron chi connectivity index (χ4n) is 3.29. The van der Waals surface area contributed by atoms with Crippen LogP contribution in [0.5, 0.6) is 11.5 Å². The number of nitrogens with zero attached hydrogens (tertiary/aromatic N) is 3. The van der Waals surface area contributed by atoms with Crippen LogP contribution < -0.4 is 9.64 Å². The summed E-state index contributed by atoms with van der Waals surface area (Å²) in [6, 6.07) is 15.7. The predicted molar refractivity (Wildman–Crippen MR) is 96.4 cm³/mol. The second kappa shape index (κ2) is 6.43. The van der Waals surface area contributed by atoms with Gasteiger partial charge >= 0.3 is 0 Å². The highest BCUT2D eigenvalue weighted by Gasteiger charge is 2.27. The average Bonchev–Trinajstić information content (AvgIpc) is 3.17. The molecule has 1 unspecified atom stereocenters. The summed E-state index contributed by atoms with van der Waals surface area (Å²) in [5, 5.41) is 4.35. The lowest BCUT2D eigenvalue weighted by atomic mass is 9.95. The molecule has 1 aromatic heterocycles. The van der Waals surface area contributed by atoms with E-state index >= 15 is 0 Å². The number of fused-ring (bicyclic) bond motifs is 1. The van der Waals surface area contributed by atoms with Crippen LogP contribution in [0, 0.1) is 0 Å². The maximum atomic E-state index is 11.6. The van der Waals surface area contributed by atoms with E-state index in [1.165, 1.54) is 0 Å². The summed E-state index contributed by atoms with van der Waals surface area (Å²) in [5.41, 5.74) is 2.82. The van der Waals surface area contributed by atoms with Gasteiger partial charge in [-0.05, 0) is 50.1 Å². The molecule has 0 saturated heterocycles. The molecular weight excluding hydrogens is 314 g/mol. The van der Waals surface area contributed by atoms with Crippen LogP contribution in [0.3, 0.4) is 0 Å². The molecule has 0 saturated carbocycles. The molecule has 0 bridgehead atoms. The highest BCUT2D eigenvalue weighted by Crippen LogP contribution is 2.41. The number of hydrogen-bond acceptors (Lipinski definition) is 3. The summed E-state index contributed by atoms with van der Waals surface area (Å²) in [5.74, 6) is 1.52. The van der Waals surface area contributed by atoms with Crippen molar-refractivity contribution in [3.63, 3.8) is 0 Å². The van der Waals surface area contributed by atoms with Crippen LogP contribution in [-0.4, -0.2) is 22.2 Å². The molecule has 1 amide bonds. The van der Waals surface area contributed by atoms with Crippen LogP contribution in [0.2, 0.25) is 0 Å². The van der Waals surface area contributed by atoms with Crippen molar-refractivity contribution in [2.75, 3.05) is 4.90 Å². The van der Waals surface area contributed by atoms with Crippen LogP contribution in [0.15, 0.2) is 60.9 Å². The Morgan fingerprint density at radius 1 is 1.12 bits per heavy atom. The molecule has 3 aromatic rings. The molecule has 0 fully saturated rings. The van der Waals surface area contributed by atoms with Gasteiger partial charge in [-0.3, -0.25) is 4.79 Å². The lowest BCUT2D eigenvalue weighted by Crippen LogP contribution is -2.36. The van der Waals surface area contributed by atoms with Gasteiger partial charge in [0.25, 0.3) is 0 Å². The Hall–Kier alpha value is -3.08. The Morgan fingerprint density at radius 2 is 1.92 bits per heavy atom. The van der Waals surface area contributed by atoms with E-state index in [0.717, 1.165) is 47.7 Å². The third kappa shape index (κ3) is 2.78. The van der Waals surface area contributed by atoms with Crippen LogP contribution in [0.4, 0.5) is 5.69 Å². The van der Waals surface area contributed by atoms with Crippen LogP contribution >= 0.6 is 0 Å². The van der Waals surface area contributed by atoms with E-state index in [1.54, 1.807) is 15.8 Å². The summed E-state index contributed by atoms with van der Waals surface area (Å²) >= 11 is 0. The zero-order chi connectivity index (χ0) is 17.2. The summed E-state index contributed by atoms with van der Waals surface area (Å²) in [6.07, 6.45) is 6.30. The lowest BCUT2D eigenvalue weighted by molar-refractivity contribution is -0.107. The quantitative estimate of drug-likeness (QED) is 0.679. The highest BCUT2D eigenvalue weighted by molar-refractivity contribution is 5.82. The fraction of sp³-hybridized carbons (Fsp3) is 0.200. The number of amides is 1. The molecule has 4 rings (SSSR count). The number of carbonyl (C=O) groups is 1. The summed E-state index contributed by atoms with van der Waals surface area (Å²) in [4.78, 5) is 13.4. The number of benzene rings is 2. The molecule has 1 atom stereocenters. The number of rotatable bonds is 4. The fourth-order valence-corrected chi connectivity index (χ4v) is 3.29. The maximum Gasteiger partial charge on any atom is 0.214 e. The van der Waals surface area contributed by atoms with Gasteiger partial charge in [0, 0.05) is 24.0 Å². The van der Waals surface area contributed by atoms with E-state index in [-0.39, 0.29) is 6.04 Å². The minimum absolute atomic E-state index is 0.185. The first-order chi connectivity index (χ1) is 12.3. The van der Waals surface area contributed by atoms with Crippen LogP contribution in [0.1, 0.15) is 18.9 Å². The smallest absolute Gasteiger partial charge is 0.214 e. The molecule has 0 radical (unpaired) electrons. The van der Waals surface area contributed by atoms with E-state index in [4.69, 9.17) is 4.74 Å². The Morgan fingerprint density at radius 3 is 2.64 bits per heavy atom. The standard InChI is InChI=1S/C20H19N3O2/c1-15-8-9-17-18(22(15)14-24)10-11-19(23-13-5-12-21-23)20(17)25-16-6-3-2-4-7-16/h2-7,10-15H,8-9H2,1H3. The third-order valence-corrected chi connectivity index (χ3v) is 4.61. The zero-order valence-corrected chi connectivity index (χ0v) is 14.0. The monoisotopic (exact) mass is 333 g/mol. The van der Waals surface area contributed by atoms with Crippen molar-refractivity contribution in [1.82, 2.24) is 9.78 Å². The van der Waals surface area contributed by atoms with Crippen molar-refractivity contribution in [1.29, 1.82) is 0 Å². The van der Waals surface area contributed by atoms with Gasteiger partial charge in [0.2, 0.25) is 6.41 Å². The number of aromatic nitrogens is 2. The summed E-state index contributed by atoms with van der Waals surface area (Å²) < 4.78 is 8.05. The van der Waals surface area contributed by atoms with E-state index in [2.05, 4.69) is 12.0 Å². The minimum atomic E-state index is 0.185. The van der Waals surface area contributed by atoms with Crippen LogP contribution in [0.25, 0.3) is 5.69 Å². The molecule has 2 heterocycles. The van der Waals surface area contributed by atoms with Crippen molar-refractivity contribution in [3.8, 4) is 17.2 Å².